The van der Waals surface area contributed by atoms with Gasteiger partial charge in [-0.25, -0.2) is 9.67 Å². The summed E-state index contributed by atoms with van der Waals surface area (Å²) in [6.45, 7) is 0.708. The van der Waals surface area contributed by atoms with E-state index in [1.807, 2.05) is 22.9 Å². The summed E-state index contributed by atoms with van der Waals surface area (Å²) in [6.07, 6.45) is 1.25. The number of nitrogens with zero attached hydrogens (tertiary/aromatic N) is 5. The number of imidazole rings is 1. The minimum absolute atomic E-state index is 0.0987. The number of aryl methyl sites for hydroxylation is 1. The van der Waals surface area contributed by atoms with Gasteiger partial charge >= 0.3 is 6.36 Å². The summed E-state index contributed by atoms with van der Waals surface area (Å²) in [5.74, 6) is 1.44. The lowest BCUT2D eigenvalue weighted by atomic mass is 9.93. The van der Waals surface area contributed by atoms with Crippen molar-refractivity contribution in [2.24, 2.45) is 0 Å². The van der Waals surface area contributed by atoms with Gasteiger partial charge < -0.3 is 19.4 Å². The van der Waals surface area contributed by atoms with Crippen LogP contribution in [0.5, 0.6) is 11.5 Å². The number of alkyl halides is 3. The third kappa shape index (κ3) is 5.25. The van der Waals surface area contributed by atoms with Crippen molar-refractivity contribution in [2.45, 2.75) is 38.1 Å². The summed E-state index contributed by atoms with van der Waals surface area (Å²) >= 11 is 5.94. The highest BCUT2D eigenvalue weighted by Crippen LogP contribution is 2.35. The van der Waals surface area contributed by atoms with Crippen molar-refractivity contribution < 1.29 is 22.6 Å². The Morgan fingerprint density at radius 2 is 1.92 bits per heavy atom. The van der Waals surface area contributed by atoms with Crippen LogP contribution in [-0.2, 0) is 6.54 Å². The fourth-order valence-corrected chi connectivity index (χ4v) is 4.46. The van der Waals surface area contributed by atoms with Crippen molar-refractivity contribution in [3.05, 3.63) is 71.5 Å². The molecule has 1 N–H and O–H groups in total. The number of methoxy groups -OCH3 is 1. The molecule has 0 amide bonds. The number of nitrogens with one attached hydrogen (secondary N) is 1. The maximum absolute atomic E-state index is 12.5. The molecule has 0 radical (unpaired) electrons. The van der Waals surface area contributed by atoms with Gasteiger partial charge in [0.05, 0.1) is 12.8 Å². The maximum Gasteiger partial charge on any atom is 0.573 e. The number of hydrogen-bond acceptors (Lipinski definition) is 6. The third-order valence-corrected chi connectivity index (χ3v) is 6.10. The van der Waals surface area contributed by atoms with Crippen LogP contribution in [0.1, 0.15) is 36.6 Å². The molecule has 8 nitrogen and oxygen atoms in total. The molecular weight excluding hydrogens is 497 g/mol. The van der Waals surface area contributed by atoms with Crippen molar-refractivity contribution >= 4 is 23.2 Å². The number of benzene rings is 2. The van der Waals surface area contributed by atoms with Gasteiger partial charge in [-0.2, -0.15) is 4.98 Å². The average molecular weight is 519 g/mol. The normalized spacial score (nSPS) is 15.8. The van der Waals surface area contributed by atoms with Gasteiger partial charge in [-0.05, 0) is 42.7 Å². The molecule has 188 valence electrons. The van der Waals surface area contributed by atoms with Gasteiger partial charge in [-0.1, -0.05) is 30.2 Å². The standard InChI is InChI=1S/C24H22ClF3N6O2/c1-35-20-12-16(7-10-19(20)33-13-21(25)29-14-33)30-23-31-22-18(4-2-3-11-34(22)32-23)15-5-8-17(9-6-15)36-24(26,27)28/h5-10,12-14,18H,2-4,11H2,1H3,(H,30,32). The van der Waals surface area contributed by atoms with E-state index in [-0.39, 0.29) is 11.7 Å². The van der Waals surface area contributed by atoms with Crippen molar-refractivity contribution in [3.8, 4) is 17.2 Å². The van der Waals surface area contributed by atoms with Crippen LogP contribution >= 0.6 is 11.6 Å². The molecule has 36 heavy (non-hydrogen) atoms. The highest BCUT2D eigenvalue weighted by molar-refractivity contribution is 6.29. The molecule has 0 spiro atoms. The van der Waals surface area contributed by atoms with Gasteiger partial charge in [0.1, 0.15) is 28.8 Å². The SMILES string of the molecule is COc1cc(Nc2nc3n(n2)CCCCC3c2ccc(OC(F)(F)F)cc2)ccc1-n1cnc(Cl)c1. The quantitative estimate of drug-likeness (QED) is 0.333. The predicted molar refractivity (Wildman–Crippen MR) is 127 cm³/mol. The minimum atomic E-state index is -4.72. The van der Waals surface area contributed by atoms with Crippen molar-refractivity contribution in [3.63, 3.8) is 0 Å². The first kappa shape index (κ1) is 24.0. The maximum atomic E-state index is 12.5. The van der Waals surface area contributed by atoms with Crippen LogP contribution in [0.3, 0.4) is 0 Å². The lowest BCUT2D eigenvalue weighted by molar-refractivity contribution is -0.274. The second-order valence-electron chi connectivity index (χ2n) is 8.30. The second kappa shape index (κ2) is 9.73. The zero-order valence-corrected chi connectivity index (χ0v) is 19.9. The van der Waals surface area contributed by atoms with E-state index in [1.54, 1.807) is 36.3 Å². The first-order valence-corrected chi connectivity index (χ1v) is 11.6. The Hall–Kier alpha value is -3.73. The van der Waals surface area contributed by atoms with E-state index in [9.17, 15) is 13.2 Å². The molecule has 0 saturated heterocycles. The Morgan fingerprint density at radius 3 is 2.61 bits per heavy atom. The molecule has 1 aliphatic heterocycles. The van der Waals surface area contributed by atoms with Crippen LogP contribution in [0.25, 0.3) is 5.69 Å². The van der Waals surface area contributed by atoms with E-state index >= 15 is 0 Å². The average Bonchev–Trinajstić information content (AvgIpc) is 3.39. The zero-order chi connectivity index (χ0) is 25.3. The van der Waals surface area contributed by atoms with Crippen LogP contribution < -0.4 is 14.8 Å². The topological polar surface area (TPSA) is 79.0 Å². The fourth-order valence-electron chi connectivity index (χ4n) is 4.31. The molecule has 0 fully saturated rings. The Bertz CT molecular complexity index is 1350. The summed E-state index contributed by atoms with van der Waals surface area (Å²) in [5.41, 5.74) is 2.36. The number of ether oxygens (including phenoxy) is 2. The van der Waals surface area contributed by atoms with Crippen LogP contribution in [0.15, 0.2) is 55.0 Å². The number of hydrogen-bond donors (Lipinski definition) is 1. The van der Waals surface area contributed by atoms with Crippen molar-refractivity contribution in [1.82, 2.24) is 24.3 Å². The van der Waals surface area contributed by atoms with Crippen LogP contribution in [0.4, 0.5) is 24.8 Å². The van der Waals surface area contributed by atoms with Gasteiger partial charge in [0.2, 0.25) is 5.95 Å². The molecular formula is C24H22ClF3N6O2. The van der Waals surface area contributed by atoms with E-state index in [0.29, 0.717) is 23.4 Å². The van der Waals surface area contributed by atoms with Crippen LogP contribution in [0, 0.1) is 0 Å². The molecule has 2 aromatic heterocycles. The summed E-state index contributed by atoms with van der Waals surface area (Å²) < 4.78 is 50.7. The predicted octanol–water partition coefficient (Wildman–Crippen LogP) is 6.08. The van der Waals surface area contributed by atoms with Gasteiger partial charge in [-0.3, -0.25) is 0 Å². The first-order chi connectivity index (χ1) is 17.3. The molecule has 3 heterocycles. The minimum Gasteiger partial charge on any atom is -0.494 e. The van der Waals surface area contributed by atoms with Crippen LogP contribution in [-0.4, -0.2) is 37.8 Å². The van der Waals surface area contributed by atoms with E-state index in [0.717, 1.165) is 42.0 Å². The fraction of sp³-hybridized carbons (Fsp3) is 0.292. The molecule has 1 aliphatic rings. The van der Waals surface area contributed by atoms with E-state index in [4.69, 9.17) is 21.3 Å². The molecule has 4 aromatic rings. The van der Waals surface area contributed by atoms with Crippen molar-refractivity contribution in [2.75, 3.05) is 12.4 Å². The van der Waals surface area contributed by atoms with E-state index < -0.39 is 6.36 Å². The van der Waals surface area contributed by atoms with Crippen molar-refractivity contribution in [1.29, 1.82) is 0 Å². The molecule has 1 atom stereocenters. The number of aromatic nitrogens is 5. The largest absolute Gasteiger partial charge is 0.573 e. The lowest BCUT2D eigenvalue weighted by Gasteiger charge is -2.15. The lowest BCUT2D eigenvalue weighted by Crippen LogP contribution is -2.17. The summed E-state index contributed by atoms with van der Waals surface area (Å²) in [4.78, 5) is 8.77. The monoisotopic (exact) mass is 518 g/mol. The molecule has 0 bridgehead atoms. The molecule has 12 heteroatoms. The van der Waals surface area contributed by atoms with Crippen LogP contribution in [0.2, 0.25) is 5.15 Å². The van der Waals surface area contributed by atoms with E-state index in [2.05, 4.69) is 20.1 Å². The summed E-state index contributed by atoms with van der Waals surface area (Å²) in [7, 11) is 1.58. The third-order valence-electron chi connectivity index (χ3n) is 5.91. The summed E-state index contributed by atoms with van der Waals surface area (Å²) in [6, 6.07) is 11.5. The highest BCUT2D eigenvalue weighted by Gasteiger charge is 2.31. The van der Waals surface area contributed by atoms with E-state index in [1.165, 1.54) is 12.1 Å². The Labute approximate surface area is 209 Å². The van der Waals surface area contributed by atoms with Gasteiger partial charge in [0.25, 0.3) is 0 Å². The molecule has 2 aromatic carbocycles. The second-order valence-corrected chi connectivity index (χ2v) is 8.68. The van der Waals surface area contributed by atoms with Gasteiger partial charge in [-0.15, -0.1) is 18.3 Å². The summed E-state index contributed by atoms with van der Waals surface area (Å²) in [5, 5.41) is 8.24. The number of rotatable bonds is 6. The first-order valence-electron chi connectivity index (χ1n) is 11.2. The smallest absolute Gasteiger partial charge is 0.494 e. The zero-order valence-electron chi connectivity index (χ0n) is 19.2. The molecule has 1 unspecified atom stereocenters. The van der Waals surface area contributed by atoms with Gasteiger partial charge in [0.15, 0.2) is 0 Å². The number of halogens is 4. The Kier molecular flexibility index (Phi) is 6.48. The molecule has 5 rings (SSSR count). The number of fused-ring (bicyclic) bond motifs is 1. The molecule has 0 aliphatic carbocycles. The Morgan fingerprint density at radius 1 is 1.11 bits per heavy atom. The number of anilines is 2. The Balaban J connectivity index is 1.39. The molecule has 0 saturated carbocycles. The van der Waals surface area contributed by atoms with Gasteiger partial charge in [0, 0.05) is 30.4 Å². The highest BCUT2D eigenvalue weighted by atomic mass is 35.5.